The molecule has 2 amide bonds. The molecule has 178 valence electrons. The van der Waals surface area contributed by atoms with Gasteiger partial charge in [-0.1, -0.05) is 0 Å². The summed E-state index contributed by atoms with van der Waals surface area (Å²) < 4.78 is 22.9. The molecule has 2 N–H and O–H groups in total. The zero-order valence-electron chi connectivity index (χ0n) is 18.9. The quantitative estimate of drug-likeness (QED) is 0.556. The SMILES string of the molecule is C=C1NC(=O)c2ccc(Oc3cc(O[C@H]4CCOC4)cc(C(=O)Nc4cnc(C)cn4)c3)cc2O1. The van der Waals surface area contributed by atoms with E-state index >= 15 is 0 Å². The van der Waals surface area contributed by atoms with Crippen molar-refractivity contribution in [2.75, 3.05) is 18.5 Å². The predicted molar refractivity (Wildman–Crippen MR) is 125 cm³/mol. The first-order valence-corrected chi connectivity index (χ1v) is 10.9. The van der Waals surface area contributed by atoms with Crippen LogP contribution in [0, 0.1) is 6.92 Å². The van der Waals surface area contributed by atoms with Gasteiger partial charge in [0.15, 0.2) is 11.7 Å². The molecule has 0 saturated carbocycles. The molecule has 2 aromatic carbocycles. The van der Waals surface area contributed by atoms with Crippen molar-refractivity contribution in [2.24, 2.45) is 0 Å². The standard InChI is InChI=1S/C25H22N4O6/c1-14-11-27-23(12-26-14)29-24(30)16-7-19(9-20(8-16)35-18-5-6-32-13-18)34-17-3-4-21-22(10-17)33-15(2)28-25(21)31/h3-4,7-12,18H,2,5-6,13H2,1H3,(H,28,31)(H,27,29,30)/t18-/m0/s1. The monoisotopic (exact) mass is 474 g/mol. The lowest BCUT2D eigenvalue weighted by atomic mass is 10.1. The smallest absolute Gasteiger partial charge is 0.261 e. The molecule has 0 aliphatic carbocycles. The third-order valence-corrected chi connectivity index (χ3v) is 5.27. The Morgan fingerprint density at radius 2 is 2.00 bits per heavy atom. The van der Waals surface area contributed by atoms with E-state index in [0.29, 0.717) is 53.2 Å². The van der Waals surface area contributed by atoms with Gasteiger partial charge < -0.3 is 24.3 Å². The molecule has 3 aromatic rings. The van der Waals surface area contributed by atoms with Crippen LogP contribution in [0.4, 0.5) is 5.82 Å². The molecule has 0 bridgehead atoms. The number of hydrogen-bond donors (Lipinski definition) is 2. The molecule has 1 saturated heterocycles. The van der Waals surface area contributed by atoms with Crippen LogP contribution in [0.3, 0.4) is 0 Å². The molecular formula is C25H22N4O6. The average Bonchev–Trinajstić information content (AvgIpc) is 3.33. The summed E-state index contributed by atoms with van der Waals surface area (Å²) in [6.07, 6.45) is 3.68. The molecule has 10 nitrogen and oxygen atoms in total. The number of ether oxygens (including phenoxy) is 4. The first kappa shape index (κ1) is 22.4. The zero-order valence-corrected chi connectivity index (χ0v) is 18.9. The highest BCUT2D eigenvalue weighted by Crippen LogP contribution is 2.33. The second-order valence-electron chi connectivity index (χ2n) is 8.03. The fourth-order valence-electron chi connectivity index (χ4n) is 3.60. The lowest BCUT2D eigenvalue weighted by Crippen LogP contribution is -2.30. The Morgan fingerprint density at radius 1 is 1.14 bits per heavy atom. The number of nitrogens with zero attached hydrogens (tertiary/aromatic N) is 2. The van der Waals surface area contributed by atoms with Crippen LogP contribution in [-0.4, -0.2) is 41.1 Å². The Morgan fingerprint density at radius 3 is 2.77 bits per heavy atom. The maximum Gasteiger partial charge on any atom is 0.261 e. The number of anilines is 1. The van der Waals surface area contributed by atoms with Crippen molar-refractivity contribution in [2.45, 2.75) is 19.4 Å². The Kier molecular flexibility index (Phi) is 6.02. The molecule has 35 heavy (non-hydrogen) atoms. The van der Waals surface area contributed by atoms with Gasteiger partial charge in [-0.15, -0.1) is 0 Å². The number of aromatic nitrogens is 2. The Hall–Kier alpha value is -4.44. The minimum absolute atomic E-state index is 0.120. The molecule has 1 atom stereocenters. The van der Waals surface area contributed by atoms with E-state index in [9.17, 15) is 9.59 Å². The van der Waals surface area contributed by atoms with Crippen molar-refractivity contribution >= 4 is 17.6 Å². The molecule has 2 aliphatic rings. The summed E-state index contributed by atoms with van der Waals surface area (Å²) in [5.41, 5.74) is 1.41. The van der Waals surface area contributed by atoms with E-state index in [1.165, 1.54) is 6.20 Å². The van der Waals surface area contributed by atoms with Gasteiger partial charge in [0.2, 0.25) is 0 Å². The summed E-state index contributed by atoms with van der Waals surface area (Å²) in [6, 6.07) is 9.71. The summed E-state index contributed by atoms with van der Waals surface area (Å²) in [5.74, 6) is 1.29. The van der Waals surface area contributed by atoms with Gasteiger partial charge in [0, 0.05) is 24.1 Å². The Bertz CT molecular complexity index is 1300. The summed E-state index contributed by atoms with van der Waals surface area (Å²) in [6.45, 7) is 6.53. The first-order valence-electron chi connectivity index (χ1n) is 10.9. The van der Waals surface area contributed by atoms with E-state index < -0.39 is 5.91 Å². The van der Waals surface area contributed by atoms with Crippen LogP contribution in [0.5, 0.6) is 23.0 Å². The summed E-state index contributed by atoms with van der Waals surface area (Å²) in [7, 11) is 0. The van der Waals surface area contributed by atoms with Gasteiger partial charge in [0.05, 0.1) is 36.9 Å². The normalized spacial score (nSPS) is 16.7. The van der Waals surface area contributed by atoms with Crippen molar-refractivity contribution in [1.29, 1.82) is 0 Å². The number of benzene rings is 2. The van der Waals surface area contributed by atoms with Crippen LogP contribution in [0.1, 0.15) is 32.8 Å². The fraction of sp³-hybridized carbons (Fsp3) is 0.200. The lowest BCUT2D eigenvalue weighted by molar-refractivity contribution is 0.0928. The number of fused-ring (bicyclic) bond motifs is 1. The third kappa shape index (κ3) is 5.22. The molecular weight excluding hydrogens is 452 g/mol. The summed E-state index contributed by atoms with van der Waals surface area (Å²) in [4.78, 5) is 33.4. The number of amides is 2. The Balaban J connectivity index is 1.42. The zero-order chi connectivity index (χ0) is 24.4. The Labute approximate surface area is 200 Å². The molecule has 1 fully saturated rings. The molecule has 0 radical (unpaired) electrons. The summed E-state index contributed by atoms with van der Waals surface area (Å²) in [5, 5.41) is 5.24. The van der Waals surface area contributed by atoms with Gasteiger partial charge in [0.25, 0.3) is 11.8 Å². The van der Waals surface area contributed by atoms with E-state index in [2.05, 4.69) is 27.2 Å². The number of nitrogens with one attached hydrogen (secondary N) is 2. The first-order chi connectivity index (χ1) is 16.9. The van der Waals surface area contributed by atoms with Gasteiger partial charge in [-0.3, -0.25) is 19.9 Å². The molecule has 10 heteroatoms. The van der Waals surface area contributed by atoms with Crippen molar-refractivity contribution < 1.29 is 28.5 Å². The van der Waals surface area contributed by atoms with E-state index in [1.807, 2.05) is 6.92 Å². The van der Waals surface area contributed by atoms with E-state index in [4.69, 9.17) is 18.9 Å². The van der Waals surface area contributed by atoms with Crippen LogP contribution < -0.4 is 24.8 Å². The minimum Gasteiger partial charge on any atom is -0.488 e. The van der Waals surface area contributed by atoms with Crippen molar-refractivity contribution in [3.8, 4) is 23.0 Å². The van der Waals surface area contributed by atoms with E-state index in [0.717, 1.165) is 12.1 Å². The number of hydrogen-bond acceptors (Lipinski definition) is 8. The van der Waals surface area contributed by atoms with Gasteiger partial charge in [-0.25, -0.2) is 4.98 Å². The molecule has 2 aliphatic heterocycles. The number of carbonyl (C=O) groups is 2. The molecule has 3 heterocycles. The van der Waals surface area contributed by atoms with E-state index in [1.54, 1.807) is 42.6 Å². The number of aryl methyl sites for hydroxylation is 1. The molecule has 5 rings (SSSR count). The highest BCUT2D eigenvalue weighted by Gasteiger charge is 2.22. The summed E-state index contributed by atoms with van der Waals surface area (Å²) >= 11 is 0. The van der Waals surface area contributed by atoms with Crippen LogP contribution in [0.25, 0.3) is 0 Å². The number of carbonyl (C=O) groups excluding carboxylic acids is 2. The highest BCUT2D eigenvalue weighted by atomic mass is 16.5. The largest absolute Gasteiger partial charge is 0.488 e. The van der Waals surface area contributed by atoms with Gasteiger partial charge in [-0.2, -0.15) is 0 Å². The minimum atomic E-state index is -0.400. The van der Waals surface area contributed by atoms with Crippen LogP contribution in [-0.2, 0) is 4.74 Å². The predicted octanol–water partition coefficient (Wildman–Crippen LogP) is 3.59. The maximum atomic E-state index is 13.0. The second-order valence-corrected chi connectivity index (χ2v) is 8.03. The van der Waals surface area contributed by atoms with Gasteiger partial charge >= 0.3 is 0 Å². The van der Waals surface area contributed by atoms with Crippen molar-refractivity contribution in [3.05, 3.63) is 78.1 Å². The maximum absolute atomic E-state index is 13.0. The van der Waals surface area contributed by atoms with E-state index in [-0.39, 0.29) is 17.9 Å². The molecule has 0 unspecified atom stereocenters. The topological polar surface area (TPSA) is 121 Å². The third-order valence-electron chi connectivity index (χ3n) is 5.27. The van der Waals surface area contributed by atoms with Gasteiger partial charge in [0.1, 0.15) is 29.1 Å². The van der Waals surface area contributed by atoms with Crippen LogP contribution in [0.15, 0.2) is 61.3 Å². The van der Waals surface area contributed by atoms with Crippen LogP contribution >= 0.6 is 0 Å². The fourth-order valence-corrected chi connectivity index (χ4v) is 3.60. The second kappa shape index (κ2) is 9.43. The van der Waals surface area contributed by atoms with Crippen LogP contribution in [0.2, 0.25) is 0 Å². The van der Waals surface area contributed by atoms with Crippen molar-refractivity contribution in [1.82, 2.24) is 15.3 Å². The lowest BCUT2D eigenvalue weighted by Gasteiger charge is -2.20. The van der Waals surface area contributed by atoms with Gasteiger partial charge in [-0.05, 0) is 37.8 Å². The highest BCUT2D eigenvalue weighted by molar-refractivity contribution is 6.04. The number of rotatable bonds is 6. The van der Waals surface area contributed by atoms with Crippen molar-refractivity contribution in [3.63, 3.8) is 0 Å². The molecule has 1 aromatic heterocycles. The average molecular weight is 474 g/mol. The molecule has 0 spiro atoms.